The molecule has 0 bridgehead atoms. The molecule has 0 N–H and O–H groups in total. The standard InChI is InChI=1S/C12H7BrF3NO/c13-9-3-1-2-4-10(9)18-11-7-8(5-6-17-11)12(14,15)16/h1-7H. The number of aromatic nitrogens is 1. The third-order valence-electron chi connectivity index (χ3n) is 2.11. The van der Waals surface area contributed by atoms with Crippen molar-refractivity contribution in [3.63, 3.8) is 0 Å². The monoisotopic (exact) mass is 317 g/mol. The van der Waals surface area contributed by atoms with Gasteiger partial charge in [-0.2, -0.15) is 13.2 Å². The molecule has 2 nitrogen and oxygen atoms in total. The highest BCUT2D eigenvalue weighted by molar-refractivity contribution is 9.10. The Bertz CT molecular complexity index is 557. The number of nitrogens with zero attached hydrogens (tertiary/aromatic N) is 1. The highest BCUT2D eigenvalue weighted by Gasteiger charge is 2.31. The van der Waals surface area contributed by atoms with Crippen LogP contribution < -0.4 is 4.74 Å². The van der Waals surface area contributed by atoms with Crippen LogP contribution in [0, 0.1) is 0 Å². The van der Waals surface area contributed by atoms with E-state index in [9.17, 15) is 13.2 Å². The van der Waals surface area contributed by atoms with Crippen LogP contribution in [0.15, 0.2) is 47.1 Å². The van der Waals surface area contributed by atoms with Crippen molar-refractivity contribution in [3.8, 4) is 11.6 Å². The van der Waals surface area contributed by atoms with Crippen LogP contribution in [0.25, 0.3) is 0 Å². The molecule has 0 aliphatic heterocycles. The van der Waals surface area contributed by atoms with Crippen molar-refractivity contribution < 1.29 is 17.9 Å². The molecule has 2 aromatic rings. The van der Waals surface area contributed by atoms with Crippen LogP contribution in [0.4, 0.5) is 13.2 Å². The molecular weight excluding hydrogens is 311 g/mol. The summed E-state index contributed by atoms with van der Waals surface area (Å²) in [5.74, 6) is 0.307. The van der Waals surface area contributed by atoms with Gasteiger partial charge in [0, 0.05) is 12.3 Å². The van der Waals surface area contributed by atoms with Crippen molar-refractivity contribution in [1.29, 1.82) is 0 Å². The second-order valence-corrected chi connectivity index (χ2v) is 4.27. The summed E-state index contributed by atoms with van der Waals surface area (Å²) in [5, 5.41) is 0. The van der Waals surface area contributed by atoms with E-state index >= 15 is 0 Å². The van der Waals surface area contributed by atoms with Gasteiger partial charge in [-0.1, -0.05) is 12.1 Å². The van der Waals surface area contributed by atoms with Crippen molar-refractivity contribution in [1.82, 2.24) is 4.98 Å². The fourth-order valence-electron chi connectivity index (χ4n) is 1.28. The molecule has 0 aliphatic carbocycles. The molecule has 6 heteroatoms. The van der Waals surface area contributed by atoms with E-state index in [-0.39, 0.29) is 5.88 Å². The first kappa shape index (κ1) is 12.9. The number of benzene rings is 1. The number of halogens is 4. The fraction of sp³-hybridized carbons (Fsp3) is 0.0833. The maximum atomic E-state index is 12.5. The van der Waals surface area contributed by atoms with Gasteiger partial charge in [-0.25, -0.2) is 4.98 Å². The third kappa shape index (κ3) is 3.01. The average molecular weight is 318 g/mol. The molecule has 1 aromatic heterocycles. The summed E-state index contributed by atoms with van der Waals surface area (Å²) in [6, 6.07) is 8.60. The number of alkyl halides is 3. The summed E-state index contributed by atoms with van der Waals surface area (Å²) in [7, 11) is 0. The second-order valence-electron chi connectivity index (χ2n) is 3.41. The number of pyridine rings is 1. The minimum Gasteiger partial charge on any atom is -0.438 e. The van der Waals surface area contributed by atoms with Crippen molar-refractivity contribution in [2.75, 3.05) is 0 Å². The largest absolute Gasteiger partial charge is 0.438 e. The maximum absolute atomic E-state index is 12.5. The van der Waals surface area contributed by atoms with E-state index in [4.69, 9.17) is 4.74 Å². The van der Waals surface area contributed by atoms with Crippen LogP contribution in [0.1, 0.15) is 5.56 Å². The highest BCUT2D eigenvalue weighted by atomic mass is 79.9. The smallest absolute Gasteiger partial charge is 0.416 e. The van der Waals surface area contributed by atoms with Gasteiger partial charge in [0.2, 0.25) is 5.88 Å². The van der Waals surface area contributed by atoms with Gasteiger partial charge in [0.1, 0.15) is 5.75 Å². The zero-order valence-electron chi connectivity index (χ0n) is 8.91. The lowest BCUT2D eigenvalue weighted by Crippen LogP contribution is -2.05. The number of para-hydroxylation sites is 1. The van der Waals surface area contributed by atoms with Crippen LogP contribution in [0.5, 0.6) is 11.6 Å². The molecule has 0 fully saturated rings. The van der Waals surface area contributed by atoms with Gasteiger partial charge in [-0.15, -0.1) is 0 Å². The first-order chi connectivity index (χ1) is 8.47. The van der Waals surface area contributed by atoms with Crippen LogP contribution >= 0.6 is 15.9 Å². The molecule has 0 aliphatic rings. The van der Waals surface area contributed by atoms with E-state index in [0.29, 0.717) is 10.2 Å². The lowest BCUT2D eigenvalue weighted by molar-refractivity contribution is -0.137. The van der Waals surface area contributed by atoms with E-state index in [0.717, 1.165) is 18.3 Å². The molecule has 0 unspecified atom stereocenters. The van der Waals surface area contributed by atoms with Crippen molar-refractivity contribution in [2.24, 2.45) is 0 Å². The van der Waals surface area contributed by atoms with Crippen LogP contribution in [-0.2, 0) is 6.18 Å². The SMILES string of the molecule is FC(F)(F)c1ccnc(Oc2ccccc2Br)c1. The Hall–Kier alpha value is -1.56. The molecule has 1 heterocycles. The van der Waals surface area contributed by atoms with Crippen molar-refractivity contribution in [3.05, 3.63) is 52.6 Å². The van der Waals surface area contributed by atoms with E-state index in [1.807, 2.05) is 0 Å². The lowest BCUT2D eigenvalue weighted by atomic mass is 10.2. The summed E-state index contributed by atoms with van der Waals surface area (Å²) < 4.78 is 43.4. The summed E-state index contributed by atoms with van der Waals surface area (Å²) in [6.45, 7) is 0. The van der Waals surface area contributed by atoms with E-state index in [1.54, 1.807) is 24.3 Å². The Morgan fingerprint density at radius 2 is 1.83 bits per heavy atom. The van der Waals surface area contributed by atoms with E-state index in [1.165, 1.54) is 0 Å². The zero-order valence-corrected chi connectivity index (χ0v) is 10.5. The van der Waals surface area contributed by atoms with Gasteiger partial charge in [0.15, 0.2) is 0 Å². The molecule has 1 aromatic carbocycles. The Morgan fingerprint density at radius 1 is 1.11 bits per heavy atom. The van der Waals surface area contributed by atoms with Gasteiger partial charge in [0.25, 0.3) is 0 Å². The minimum atomic E-state index is -4.41. The molecule has 0 spiro atoms. The van der Waals surface area contributed by atoms with Gasteiger partial charge in [-0.05, 0) is 34.1 Å². The number of rotatable bonds is 2. The number of hydrogen-bond donors (Lipinski definition) is 0. The first-order valence-electron chi connectivity index (χ1n) is 4.92. The average Bonchev–Trinajstić information content (AvgIpc) is 2.31. The maximum Gasteiger partial charge on any atom is 0.416 e. The first-order valence-corrected chi connectivity index (χ1v) is 5.72. The summed E-state index contributed by atoms with van der Waals surface area (Å²) >= 11 is 3.24. The van der Waals surface area contributed by atoms with Crippen LogP contribution in [0.2, 0.25) is 0 Å². The van der Waals surface area contributed by atoms with E-state index < -0.39 is 11.7 Å². The molecule has 0 amide bonds. The molecule has 0 saturated carbocycles. The van der Waals surface area contributed by atoms with Crippen molar-refractivity contribution in [2.45, 2.75) is 6.18 Å². The third-order valence-corrected chi connectivity index (χ3v) is 2.77. The molecule has 0 radical (unpaired) electrons. The molecule has 0 saturated heterocycles. The highest BCUT2D eigenvalue weighted by Crippen LogP contribution is 2.33. The van der Waals surface area contributed by atoms with Gasteiger partial charge in [0.05, 0.1) is 10.0 Å². The fourth-order valence-corrected chi connectivity index (χ4v) is 1.65. The molecule has 2 rings (SSSR count). The van der Waals surface area contributed by atoms with Gasteiger partial charge < -0.3 is 4.74 Å². The quantitative estimate of drug-likeness (QED) is 0.804. The molecule has 0 atom stereocenters. The van der Waals surface area contributed by atoms with Crippen LogP contribution in [-0.4, -0.2) is 4.98 Å². The second kappa shape index (κ2) is 4.97. The number of hydrogen-bond acceptors (Lipinski definition) is 2. The predicted molar refractivity (Wildman–Crippen MR) is 63.5 cm³/mol. The summed E-state index contributed by atoms with van der Waals surface area (Å²) in [5.41, 5.74) is -0.792. The Kier molecular flexibility index (Phi) is 3.56. The molecular formula is C12H7BrF3NO. The molecule has 18 heavy (non-hydrogen) atoms. The summed E-state index contributed by atoms with van der Waals surface area (Å²) in [4.78, 5) is 3.75. The van der Waals surface area contributed by atoms with E-state index in [2.05, 4.69) is 20.9 Å². The molecule has 94 valence electrons. The predicted octanol–water partition coefficient (Wildman–Crippen LogP) is 4.66. The summed E-state index contributed by atoms with van der Waals surface area (Å²) in [6.07, 6.45) is -3.34. The van der Waals surface area contributed by atoms with Crippen LogP contribution in [0.3, 0.4) is 0 Å². The Balaban J connectivity index is 2.28. The van der Waals surface area contributed by atoms with Crippen molar-refractivity contribution >= 4 is 15.9 Å². The topological polar surface area (TPSA) is 22.1 Å². The van der Waals surface area contributed by atoms with Gasteiger partial charge in [-0.3, -0.25) is 0 Å². The number of ether oxygens (including phenoxy) is 1. The normalized spacial score (nSPS) is 11.3. The van der Waals surface area contributed by atoms with Gasteiger partial charge >= 0.3 is 6.18 Å². The lowest BCUT2D eigenvalue weighted by Gasteiger charge is -2.09. The minimum absolute atomic E-state index is 0.100. The Labute approximate surface area is 110 Å². The zero-order chi connectivity index (χ0) is 13.2. The Morgan fingerprint density at radius 3 is 2.50 bits per heavy atom.